The highest BCUT2D eigenvalue weighted by Gasteiger charge is 2.05. The molecule has 0 heterocycles. The highest BCUT2D eigenvalue weighted by molar-refractivity contribution is 4.55. The molecule has 0 radical (unpaired) electrons. The fourth-order valence-corrected chi connectivity index (χ4v) is 1.21. The first kappa shape index (κ1) is 17.8. The SMILES string of the molecule is CCOCC(C)OCCOCC(O)CNN(C)C. The van der Waals surface area contributed by atoms with Crippen LogP contribution in [0.1, 0.15) is 13.8 Å². The Morgan fingerprint density at radius 2 is 1.89 bits per heavy atom. The van der Waals surface area contributed by atoms with Crippen molar-refractivity contribution in [1.82, 2.24) is 10.4 Å². The van der Waals surface area contributed by atoms with Crippen LogP contribution in [0, 0.1) is 0 Å². The highest BCUT2D eigenvalue weighted by Crippen LogP contribution is 1.92. The molecule has 6 nitrogen and oxygen atoms in total. The van der Waals surface area contributed by atoms with Gasteiger partial charge in [-0.15, -0.1) is 0 Å². The van der Waals surface area contributed by atoms with Crippen LogP contribution >= 0.6 is 0 Å². The standard InChI is InChI=1S/C12H28N2O4/c1-5-16-9-11(2)18-7-6-17-10-12(15)8-13-14(3)4/h11-13,15H,5-10H2,1-4H3. The van der Waals surface area contributed by atoms with Gasteiger partial charge in [0.25, 0.3) is 0 Å². The van der Waals surface area contributed by atoms with E-state index in [2.05, 4.69) is 5.43 Å². The van der Waals surface area contributed by atoms with Crippen LogP contribution in [0.4, 0.5) is 0 Å². The number of hydrazine groups is 1. The molecule has 0 bridgehead atoms. The van der Waals surface area contributed by atoms with Gasteiger partial charge in [-0.1, -0.05) is 0 Å². The number of nitrogens with zero attached hydrogens (tertiary/aromatic N) is 1. The van der Waals surface area contributed by atoms with Crippen molar-refractivity contribution in [3.05, 3.63) is 0 Å². The monoisotopic (exact) mass is 264 g/mol. The van der Waals surface area contributed by atoms with Crippen LogP contribution in [0.15, 0.2) is 0 Å². The predicted octanol–water partition coefficient (Wildman–Crippen LogP) is -0.128. The van der Waals surface area contributed by atoms with Crippen LogP contribution in [0.3, 0.4) is 0 Å². The number of ether oxygens (including phenoxy) is 3. The maximum atomic E-state index is 9.55. The Bertz CT molecular complexity index is 181. The van der Waals surface area contributed by atoms with E-state index in [1.165, 1.54) is 0 Å². The van der Waals surface area contributed by atoms with Crippen LogP contribution in [-0.2, 0) is 14.2 Å². The van der Waals surface area contributed by atoms with Crippen LogP contribution < -0.4 is 5.43 Å². The van der Waals surface area contributed by atoms with Crippen molar-refractivity contribution >= 4 is 0 Å². The van der Waals surface area contributed by atoms with Gasteiger partial charge in [-0.05, 0) is 13.8 Å². The zero-order valence-electron chi connectivity index (χ0n) is 12.0. The number of hydrogen-bond acceptors (Lipinski definition) is 6. The Hall–Kier alpha value is -0.240. The van der Waals surface area contributed by atoms with E-state index in [-0.39, 0.29) is 6.10 Å². The van der Waals surface area contributed by atoms with E-state index in [1.54, 1.807) is 5.01 Å². The molecule has 0 fully saturated rings. The molecule has 2 N–H and O–H groups in total. The van der Waals surface area contributed by atoms with E-state index in [0.717, 1.165) is 0 Å². The molecule has 0 aromatic carbocycles. The smallest absolute Gasteiger partial charge is 0.0911 e. The van der Waals surface area contributed by atoms with Crippen molar-refractivity contribution in [3.63, 3.8) is 0 Å². The molecule has 18 heavy (non-hydrogen) atoms. The van der Waals surface area contributed by atoms with Crippen LogP contribution in [-0.4, -0.2) is 76.0 Å². The van der Waals surface area contributed by atoms with Crippen molar-refractivity contribution in [2.75, 3.05) is 53.7 Å². The van der Waals surface area contributed by atoms with Crippen molar-refractivity contribution in [2.24, 2.45) is 0 Å². The molecular formula is C12H28N2O4. The lowest BCUT2D eigenvalue weighted by molar-refractivity contribution is -0.0404. The van der Waals surface area contributed by atoms with Gasteiger partial charge in [0.05, 0.1) is 38.6 Å². The molecule has 110 valence electrons. The Labute approximate surface area is 110 Å². The van der Waals surface area contributed by atoms with Crippen molar-refractivity contribution in [1.29, 1.82) is 0 Å². The average molecular weight is 264 g/mol. The summed E-state index contributed by atoms with van der Waals surface area (Å²) in [6.07, 6.45) is -0.429. The van der Waals surface area contributed by atoms with Gasteiger partial charge in [0.15, 0.2) is 0 Å². The van der Waals surface area contributed by atoms with E-state index >= 15 is 0 Å². The van der Waals surface area contributed by atoms with E-state index in [4.69, 9.17) is 14.2 Å². The van der Waals surface area contributed by atoms with Gasteiger partial charge < -0.3 is 19.3 Å². The molecule has 0 aliphatic carbocycles. The molecule has 0 amide bonds. The minimum Gasteiger partial charge on any atom is -0.389 e. The maximum absolute atomic E-state index is 9.55. The number of aliphatic hydroxyl groups excluding tert-OH is 1. The van der Waals surface area contributed by atoms with E-state index in [9.17, 15) is 5.11 Å². The lowest BCUT2D eigenvalue weighted by atomic mass is 10.4. The van der Waals surface area contributed by atoms with Crippen molar-refractivity contribution in [2.45, 2.75) is 26.1 Å². The molecule has 0 aromatic rings. The summed E-state index contributed by atoms with van der Waals surface area (Å²) < 4.78 is 16.0. The summed E-state index contributed by atoms with van der Waals surface area (Å²) in [5.74, 6) is 0. The Kier molecular flexibility index (Phi) is 11.7. The molecule has 0 spiro atoms. The minimum absolute atomic E-state index is 0.0777. The first-order chi connectivity index (χ1) is 8.56. The second-order valence-electron chi connectivity index (χ2n) is 4.33. The Balaban J connectivity index is 3.28. The molecule has 2 unspecified atom stereocenters. The molecule has 0 aliphatic rings. The van der Waals surface area contributed by atoms with E-state index < -0.39 is 6.10 Å². The molecular weight excluding hydrogens is 236 g/mol. The van der Waals surface area contributed by atoms with Gasteiger partial charge in [-0.3, -0.25) is 10.4 Å². The summed E-state index contributed by atoms with van der Waals surface area (Å²) in [4.78, 5) is 0. The maximum Gasteiger partial charge on any atom is 0.0911 e. The molecule has 0 aromatic heterocycles. The quantitative estimate of drug-likeness (QED) is 0.378. The van der Waals surface area contributed by atoms with Crippen molar-refractivity contribution in [3.8, 4) is 0 Å². The normalized spacial score (nSPS) is 15.0. The third-order valence-corrected chi connectivity index (χ3v) is 2.14. The topological polar surface area (TPSA) is 63.2 Å². The Morgan fingerprint density at radius 3 is 2.50 bits per heavy atom. The average Bonchev–Trinajstić information content (AvgIpc) is 2.33. The van der Waals surface area contributed by atoms with Crippen LogP contribution in [0.2, 0.25) is 0 Å². The molecule has 0 aliphatic heterocycles. The summed E-state index contributed by atoms with van der Waals surface area (Å²) in [6.45, 7) is 7.02. The zero-order valence-corrected chi connectivity index (χ0v) is 12.0. The number of aliphatic hydroxyl groups is 1. The number of nitrogens with one attached hydrogen (secondary N) is 1. The molecule has 2 atom stereocenters. The number of hydrogen-bond donors (Lipinski definition) is 2. The first-order valence-electron chi connectivity index (χ1n) is 6.42. The van der Waals surface area contributed by atoms with Crippen LogP contribution in [0.5, 0.6) is 0 Å². The molecule has 0 saturated carbocycles. The summed E-state index contributed by atoms with van der Waals surface area (Å²) >= 11 is 0. The van der Waals surface area contributed by atoms with Gasteiger partial charge in [0.1, 0.15) is 0 Å². The third-order valence-electron chi connectivity index (χ3n) is 2.14. The van der Waals surface area contributed by atoms with Gasteiger partial charge >= 0.3 is 0 Å². The Morgan fingerprint density at radius 1 is 1.17 bits per heavy atom. The van der Waals surface area contributed by atoms with Crippen LogP contribution in [0.25, 0.3) is 0 Å². The fourth-order valence-electron chi connectivity index (χ4n) is 1.21. The molecule has 0 saturated heterocycles. The summed E-state index contributed by atoms with van der Waals surface area (Å²) in [5, 5.41) is 11.3. The van der Waals surface area contributed by atoms with E-state index in [1.807, 2.05) is 27.9 Å². The predicted molar refractivity (Wildman–Crippen MR) is 70.4 cm³/mol. The van der Waals surface area contributed by atoms with Gasteiger partial charge in [0, 0.05) is 27.2 Å². The summed E-state index contributed by atoms with van der Waals surface area (Å²) in [6, 6.07) is 0. The number of rotatable bonds is 12. The van der Waals surface area contributed by atoms with Gasteiger partial charge in [0.2, 0.25) is 0 Å². The second-order valence-corrected chi connectivity index (χ2v) is 4.33. The minimum atomic E-state index is -0.506. The fraction of sp³-hybridized carbons (Fsp3) is 1.00. The summed E-state index contributed by atoms with van der Waals surface area (Å²) in [7, 11) is 3.75. The second kappa shape index (κ2) is 11.8. The van der Waals surface area contributed by atoms with Crippen molar-refractivity contribution < 1.29 is 19.3 Å². The highest BCUT2D eigenvalue weighted by atomic mass is 16.6. The third kappa shape index (κ3) is 12.2. The van der Waals surface area contributed by atoms with Gasteiger partial charge in [-0.2, -0.15) is 0 Å². The van der Waals surface area contributed by atoms with E-state index in [0.29, 0.717) is 39.6 Å². The zero-order chi connectivity index (χ0) is 13.8. The first-order valence-corrected chi connectivity index (χ1v) is 6.42. The largest absolute Gasteiger partial charge is 0.389 e. The lowest BCUT2D eigenvalue weighted by Gasteiger charge is -2.17. The molecule has 6 heteroatoms. The lowest BCUT2D eigenvalue weighted by Crippen LogP contribution is -2.38. The van der Waals surface area contributed by atoms with Gasteiger partial charge in [-0.25, -0.2) is 0 Å². The molecule has 0 rings (SSSR count). The summed E-state index contributed by atoms with van der Waals surface area (Å²) in [5.41, 5.74) is 2.98.